The number of rotatable bonds is 6. The number of halogens is 1. The van der Waals surface area contributed by atoms with E-state index in [1.807, 2.05) is 24.3 Å². The molecule has 2 aromatic rings. The molecular formula is C20H23ClN2O4S. The van der Waals surface area contributed by atoms with Gasteiger partial charge < -0.3 is 9.64 Å². The molecule has 1 aliphatic heterocycles. The zero-order valence-electron chi connectivity index (χ0n) is 15.8. The third-order valence-electron chi connectivity index (χ3n) is 4.86. The lowest BCUT2D eigenvalue weighted by Crippen LogP contribution is -2.46. The van der Waals surface area contributed by atoms with Crippen LogP contribution in [0.2, 0.25) is 5.02 Å². The maximum absolute atomic E-state index is 13.0. The summed E-state index contributed by atoms with van der Waals surface area (Å²) in [5, 5.41) is 0.465. The number of ether oxygens (including phenoxy) is 1. The Bertz CT molecular complexity index is 930. The first-order chi connectivity index (χ1) is 13.3. The second-order valence-electron chi connectivity index (χ2n) is 6.77. The molecule has 1 fully saturated rings. The summed E-state index contributed by atoms with van der Waals surface area (Å²) in [5.41, 5.74) is 0.946. The SMILES string of the molecule is COc1ccc(CN(C)C(=O)[C@H]2CCCN2S(=O)(=O)c2ccc(Cl)cc2)cc1. The van der Waals surface area contributed by atoms with Crippen LogP contribution in [-0.2, 0) is 21.4 Å². The van der Waals surface area contributed by atoms with E-state index in [0.717, 1.165) is 11.3 Å². The molecule has 6 nitrogen and oxygen atoms in total. The third-order valence-corrected chi connectivity index (χ3v) is 7.04. The molecule has 0 aromatic heterocycles. The molecule has 0 spiro atoms. The second kappa shape index (κ2) is 8.51. The maximum atomic E-state index is 13.0. The van der Waals surface area contributed by atoms with Crippen LogP contribution in [0.25, 0.3) is 0 Å². The van der Waals surface area contributed by atoms with E-state index in [1.165, 1.54) is 28.6 Å². The summed E-state index contributed by atoms with van der Waals surface area (Å²) in [7, 11) is -0.464. The molecule has 0 N–H and O–H groups in total. The van der Waals surface area contributed by atoms with Crippen molar-refractivity contribution in [3.05, 3.63) is 59.1 Å². The topological polar surface area (TPSA) is 66.9 Å². The summed E-state index contributed by atoms with van der Waals surface area (Å²) in [6.45, 7) is 0.728. The molecule has 0 bridgehead atoms. The van der Waals surface area contributed by atoms with Gasteiger partial charge in [-0.05, 0) is 54.8 Å². The monoisotopic (exact) mass is 422 g/mol. The molecular weight excluding hydrogens is 400 g/mol. The fourth-order valence-electron chi connectivity index (χ4n) is 3.35. The first-order valence-electron chi connectivity index (χ1n) is 8.98. The maximum Gasteiger partial charge on any atom is 0.243 e. The molecule has 1 atom stereocenters. The van der Waals surface area contributed by atoms with Gasteiger partial charge in [0.15, 0.2) is 0 Å². The Morgan fingerprint density at radius 2 is 1.82 bits per heavy atom. The predicted molar refractivity (Wildman–Crippen MR) is 108 cm³/mol. The fraction of sp³-hybridized carbons (Fsp3) is 0.350. The highest BCUT2D eigenvalue weighted by Crippen LogP contribution is 2.28. The van der Waals surface area contributed by atoms with E-state index >= 15 is 0 Å². The first kappa shape index (κ1) is 20.6. The number of hydrogen-bond donors (Lipinski definition) is 0. The lowest BCUT2D eigenvalue weighted by atomic mass is 10.1. The average Bonchev–Trinajstić information content (AvgIpc) is 3.19. The van der Waals surface area contributed by atoms with Gasteiger partial charge in [-0.25, -0.2) is 8.42 Å². The minimum atomic E-state index is -3.75. The highest BCUT2D eigenvalue weighted by molar-refractivity contribution is 7.89. The number of likely N-dealkylation sites (N-methyl/N-ethyl adjacent to an activating group) is 1. The van der Waals surface area contributed by atoms with Crippen molar-refractivity contribution in [3.8, 4) is 5.75 Å². The van der Waals surface area contributed by atoms with Gasteiger partial charge in [-0.1, -0.05) is 23.7 Å². The number of benzene rings is 2. The van der Waals surface area contributed by atoms with E-state index in [4.69, 9.17) is 16.3 Å². The van der Waals surface area contributed by atoms with Crippen LogP contribution >= 0.6 is 11.6 Å². The normalized spacial score (nSPS) is 17.5. The van der Waals surface area contributed by atoms with Crippen LogP contribution in [-0.4, -0.2) is 50.3 Å². The van der Waals surface area contributed by atoms with Crippen molar-refractivity contribution in [1.29, 1.82) is 0 Å². The first-order valence-corrected chi connectivity index (χ1v) is 10.8. The van der Waals surface area contributed by atoms with E-state index in [9.17, 15) is 13.2 Å². The Morgan fingerprint density at radius 3 is 2.43 bits per heavy atom. The molecule has 1 aliphatic rings. The standard InChI is InChI=1S/C20H23ClN2O4S/c1-22(14-15-5-9-17(27-2)10-6-15)20(24)19-4-3-13-23(19)28(25,26)18-11-7-16(21)8-12-18/h5-12,19H,3-4,13-14H2,1-2H3/t19-/m1/s1. The van der Waals surface area contributed by atoms with E-state index in [2.05, 4.69) is 0 Å². The number of hydrogen-bond acceptors (Lipinski definition) is 4. The van der Waals surface area contributed by atoms with Gasteiger partial charge in [0.1, 0.15) is 11.8 Å². The minimum absolute atomic E-state index is 0.148. The smallest absolute Gasteiger partial charge is 0.243 e. The van der Waals surface area contributed by atoms with Crippen LogP contribution in [0, 0.1) is 0 Å². The zero-order valence-corrected chi connectivity index (χ0v) is 17.4. The fourth-order valence-corrected chi connectivity index (χ4v) is 5.13. The lowest BCUT2D eigenvalue weighted by molar-refractivity contribution is -0.133. The number of amides is 1. The van der Waals surface area contributed by atoms with Crippen LogP contribution in [0.15, 0.2) is 53.4 Å². The minimum Gasteiger partial charge on any atom is -0.497 e. The third kappa shape index (κ3) is 4.32. The van der Waals surface area contributed by atoms with Gasteiger partial charge in [-0.2, -0.15) is 4.31 Å². The summed E-state index contributed by atoms with van der Waals surface area (Å²) >= 11 is 5.86. The van der Waals surface area contributed by atoms with Crippen molar-refractivity contribution >= 4 is 27.5 Å². The number of nitrogens with zero attached hydrogens (tertiary/aromatic N) is 2. The van der Waals surface area contributed by atoms with Crippen molar-refractivity contribution in [3.63, 3.8) is 0 Å². The highest BCUT2D eigenvalue weighted by Gasteiger charge is 2.40. The zero-order chi connectivity index (χ0) is 20.3. The molecule has 150 valence electrons. The van der Waals surface area contributed by atoms with Crippen LogP contribution in [0.3, 0.4) is 0 Å². The molecule has 0 saturated carbocycles. The van der Waals surface area contributed by atoms with E-state index < -0.39 is 16.1 Å². The average molecular weight is 423 g/mol. The Kier molecular flexibility index (Phi) is 6.27. The highest BCUT2D eigenvalue weighted by atomic mass is 35.5. The molecule has 0 unspecified atom stereocenters. The van der Waals surface area contributed by atoms with Crippen LogP contribution < -0.4 is 4.74 Å². The van der Waals surface area contributed by atoms with Crippen molar-refractivity contribution in [2.24, 2.45) is 0 Å². The lowest BCUT2D eigenvalue weighted by Gasteiger charge is -2.27. The summed E-state index contributed by atoms with van der Waals surface area (Å²) in [5.74, 6) is 0.541. The molecule has 1 heterocycles. The van der Waals surface area contributed by atoms with Crippen molar-refractivity contribution in [1.82, 2.24) is 9.21 Å². The van der Waals surface area contributed by atoms with Gasteiger partial charge in [0.25, 0.3) is 0 Å². The quantitative estimate of drug-likeness (QED) is 0.717. The molecule has 3 rings (SSSR count). The summed E-state index contributed by atoms with van der Waals surface area (Å²) in [4.78, 5) is 14.7. The Hall–Kier alpha value is -2.09. The van der Waals surface area contributed by atoms with Gasteiger partial charge in [0.2, 0.25) is 15.9 Å². The Morgan fingerprint density at radius 1 is 1.18 bits per heavy atom. The van der Waals surface area contributed by atoms with Gasteiger partial charge in [0, 0.05) is 25.2 Å². The Balaban J connectivity index is 1.75. The molecule has 1 amide bonds. The van der Waals surface area contributed by atoms with Crippen LogP contribution in [0.4, 0.5) is 0 Å². The largest absolute Gasteiger partial charge is 0.497 e. The van der Waals surface area contributed by atoms with Crippen LogP contribution in [0.1, 0.15) is 18.4 Å². The van der Waals surface area contributed by atoms with Gasteiger partial charge in [0.05, 0.1) is 12.0 Å². The van der Waals surface area contributed by atoms with E-state index in [1.54, 1.807) is 19.1 Å². The molecule has 8 heteroatoms. The number of carbonyl (C=O) groups excluding carboxylic acids is 1. The molecule has 0 radical (unpaired) electrons. The molecule has 1 saturated heterocycles. The number of carbonyl (C=O) groups is 1. The van der Waals surface area contributed by atoms with E-state index in [-0.39, 0.29) is 10.8 Å². The number of sulfonamides is 1. The van der Waals surface area contributed by atoms with Crippen molar-refractivity contribution in [2.45, 2.75) is 30.3 Å². The van der Waals surface area contributed by atoms with E-state index in [0.29, 0.717) is 31.0 Å². The van der Waals surface area contributed by atoms with Crippen molar-refractivity contribution in [2.75, 3.05) is 20.7 Å². The summed E-state index contributed by atoms with van der Waals surface area (Å²) < 4.78 is 32.5. The predicted octanol–water partition coefficient (Wildman–Crippen LogP) is 3.16. The van der Waals surface area contributed by atoms with Gasteiger partial charge in [-0.3, -0.25) is 4.79 Å². The number of methoxy groups -OCH3 is 1. The van der Waals surface area contributed by atoms with Crippen molar-refractivity contribution < 1.29 is 17.9 Å². The molecule has 0 aliphatic carbocycles. The second-order valence-corrected chi connectivity index (χ2v) is 9.10. The Labute approximate surface area is 170 Å². The van der Waals surface area contributed by atoms with Crippen LogP contribution in [0.5, 0.6) is 5.75 Å². The molecule has 28 heavy (non-hydrogen) atoms. The molecule has 2 aromatic carbocycles. The van der Waals surface area contributed by atoms with Gasteiger partial charge >= 0.3 is 0 Å². The van der Waals surface area contributed by atoms with Gasteiger partial charge in [-0.15, -0.1) is 0 Å². The summed E-state index contributed by atoms with van der Waals surface area (Å²) in [6.07, 6.45) is 1.16. The summed E-state index contributed by atoms with van der Waals surface area (Å²) in [6, 6.07) is 12.8.